The van der Waals surface area contributed by atoms with Crippen molar-refractivity contribution in [2.24, 2.45) is 0 Å². The summed E-state index contributed by atoms with van der Waals surface area (Å²) in [6, 6.07) is 11.2. The van der Waals surface area contributed by atoms with Gasteiger partial charge in [-0.2, -0.15) is 13.2 Å². The number of nitrogens with one attached hydrogen (secondary N) is 2. The number of pyridine rings is 1. The van der Waals surface area contributed by atoms with Gasteiger partial charge in [0.25, 0.3) is 5.91 Å². The van der Waals surface area contributed by atoms with Crippen molar-refractivity contribution in [1.29, 1.82) is 0 Å². The highest BCUT2D eigenvalue weighted by atomic mass is 19.4. The van der Waals surface area contributed by atoms with E-state index in [1.807, 2.05) is 6.07 Å². The monoisotopic (exact) mass is 472 g/mol. The van der Waals surface area contributed by atoms with Gasteiger partial charge >= 0.3 is 12.3 Å². The summed E-state index contributed by atoms with van der Waals surface area (Å²) in [7, 11) is 0. The second-order valence-electron chi connectivity index (χ2n) is 8.84. The number of aromatic nitrogens is 2. The molecule has 1 aromatic carbocycles. The summed E-state index contributed by atoms with van der Waals surface area (Å²) >= 11 is 0. The smallest absolute Gasteiger partial charge is 0.433 e. The number of imide groups is 1. The molecular weight excluding hydrogens is 449 g/mol. The number of fused-ring (bicyclic) bond motifs is 1. The normalized spacial score (nSPS) is 14.1. The van der Waals surface area contributed by atoms with Crippen LogP contribution in [0.25, 0.3) is 11.3 Å². The van der Waals surface area contributed by atoms with Crippen LogP contribution in [0.15, 0.2) is 48.7 Å². The second kappa shape index (κ2) is 8.51. The molecule has 0 atom stereocenters. The summed E-state index contributed by atoms with van der Waals surface area (Å²) in [4.78, 5) is 33.8. The van der Waals surface area contributed by atoms with Gasteiger partial charge in [-0.25, -0.2) is 9.69 Å². The van der Waals surface area contributed by atoms with Gasteiger partial charge in [-0.05, 0) is 45.0 Å². The zero-order valence-corrected chi connectivity index (χ0v) is 18.8. The molecule has 0 saturated heterocycles. The van der Waals surface area contributed by atoms with Gasteiger partial charge in [0, 0.05) is 36.1 Å². The molecule has 0 fully saturated rings. The second-order valence-corrected chi connectivity index (χ2v) is 8.84. The summed E-state index contributed by atoms with van der Waals surface area (Å²) in [6.45, 7) is 5.23. The average Bonchev–Trinajstić information content (AvgIpc) is 3.12. The fraction of sp³-hybridized carbons (Fsp3) is 0.292. The first kappa shape index (κ1) is 23.3. The third-order valence-corrected chi connectivity index (χ3v) is 5.12. The van der Waals surface area contributed by atoms with E-state index < -0.39 is 29.5 Å². The predicted molar refractivity (Wildman–Crippen MR) is 120 cm³/mol. The molecule has 0 saturated carbocycles. The number of ether oxygens (including phenoxy) is 1. The van der Waals surface area contributed by atoms with Gasteiger partial charge in [0.05, 0.1) is 16.9 Å². The quantitative estimate of drug-likeness (QED) is 0.505. The van der Waals surface area contributed by atoms with Crippen LogP contribution in [0, 0.1) is 0 Å². The molecule has 0 radical (unpaired) electrons. The first-order valence-electron chi connectivity index (χ1n) is 10.6. The van der Waals surface area contributed by atoms with E-state index in [0.717, 1.165) is 17.2 Å². The number of rotatable bonds is 3. The van der Waals surface area contributed by atoms with Gasteiger partial charge in [0.15, 0.2) is 0 Å². The number of carbonyl (C=O) groups excluding carboxylic acids is 2. The number of anilines is 2. The van der Waals surface area contributed by atoms with Crippen molar-refractivity contribution in [2.75, 3.05) is 11.9 Å². The molecule has 0 unspecified atom stereocenters. The van der Waals surface area contributed by atoms with Gasteiger partial charge in [-0.1, -0.05) is 18.2 Å². The average molecular weight is 472 g/mol. The van der Waals surface area contributed by atoms with Gasteiger partial charge in [-0.3, -0.25) is 9.78 Å². The van der Waals surface area contributed by atoms with Crippen molar-refractivity contribution < 1.29 is 27.5 Å². The Morgan fingerprint density at radius 2 is 1.82 bits per heavy atom. The van der Waals surface area contributed by atoms with Gasteiger partial charge in [0.2, 0.25) is 0 Å². The zero-order valence-electron chi connectivity index (χ0n) is 18.8. The van der Waals surface area contributed by atoms with Crippen LogP contribution >= 0.6 is 0 Å². The molecule has 0 spiro atoms. The number of amides is 2. The number of benzene rings is 1. The van der Waals surface area contributed by atoms with Crippen molar-refractivity contribution in [3.8, 4) is 11.3 Å². The summed E-state index contributed by atoms with van der Waals surface area (Å²) < 4.78 is 44.3. The van der Waals surface area contributed by atoms with E-state index in [2.05, 4.69) is 15.3 Å². The van der Waals surface area contributed by atoms with E-state index in [0.29, 0.717) is 34.7 Å². The van der Waals surface area contributed by atoms with Crippen LogP contribution in [0.5, 0.6) is 0 Å². The fourth-order valence-electron chi connectivity index (χ4n) is 3.64. The highest BCUT2D eigenvalue weighted by molar-refractivity contribution is 6.11. The first-order valence-corrected chi connectivity index (χ1v) is 10.6. The van der Waals surface area contributed by atoms with Crippen LogP contribution in [-0.2, 0) is 17.3 Å². The molecule has 2 aromatic heterocycles. The van der Waals surface area contributed by atoms with Crippen molar-refractivity contribution in [1.82, 2.24) is 14.9 Å². The maximum Gasteiger partial charge on any atom is 0.433 e. The molecule has 2 amide bonds. The Morgan fingerprint density at radius 1 is 1.12 bits per heavy atom. The summed E-state index contributed by atoms with van der Waals surface area (Å²) in [5, 5.41) is 3.18. The largest absolute Gasteiger partial charge is 0.443 e. The van der Waals surface area contributed by atoms with Gasteiger partial charge < -0.3 is 15.0 Å². The molecule has 0 aliphatic carbocycles. The van der Waals surface area contributed by atoms with Crippen LogP contribution in [-0.4, -0.2) is 39.0 Å². The van der Waals surface area contributed by atoms with E-state index in [9.17, 15) is 22.8 Å². The number of nitrogens with zero attached hydrogens (tertiary/aromatic N) is 2. The number of halogens is 3. The SMILES string of the molecule is CC(C)(C)OC(=O)N1CCc2[nH]c(-c3ccc(C(F)(F)F)nc3)c(Nc3ccccc3)c2C1=O. The number of aromatic amines is 1. The lowest BCUT2D eigenvalue weighted by Gasteiger charge is -2.29. The Labute approximate surface area is 193 Å². The molecule has 10 heteroatoms. The third-order valence-electron chi connectivity index (χ3n) is 5.12. The predicted octanol–water partition coefficient (Wildman–Crippen LogP) is 5.77. The molecule has 3 aromatic rings. The van der Waals surface area contributed by atoms with Crippen LogP contribution in [0.4, 0.5) is 29.3 Å². The molecule has 0 bridgehead atoms. The maximum atomic E-state index is 13.4. The molecule has 1 aliphatic rings. The van der Waals surface area contributed by atoms with E-state index >= 15 is 0 Å². The van der Waals surface area contributed by atoms with Gasteiger partial charge in [-0.15, -0.1) is 0 Å². The Hall–Kier alpha value is -3.82. The Bertz CT molecular complexity index is 1210. The van der Waals surface area contributed by atoms with Crippen LogP contribution in [0.2, 0.25) is 0 Å². The zero-order chi connectivity index (χ0) is 24.7. The van der Waals surface area contributed by atoms with Gasteiger partial charge in [0.1, 0.15) is 11.3 Å². The van der Waals surface area contributed by atoms with Crippen LogP contribution in [0.1, 0.15) is 42.5 Å². The lowest BCUT2D eigenvalue weighted by atomic mass is 10.0. The molecule has 1 aliphatic heterocycles. The van der Waals surface area contributed by atoms with Crippen molar-refractivity contribution in [3.63, 3.8) is 0 Å². The standard InChI is InChI=1S/C24H23F3N4O3/c1-23(2,3)34-22(33)31-12-11-16-18(21(31)32)20(29-15-7-5-4-6-8-15)19(30-16)14-9-10-17(28-13-14)24(25,26)27/h4-10,13,29-30H,11-12H2,1-3H3. The minimum atomic E-state index is -4.57. The van der Waals surface area contributed by atoms with Crippen molar-refractivity contribution in [2.45, 2.75) is 39.0 Å². The molecule has 4 rings (SSSR count). The number of alkyl halides is 3. The molecular formula is C24H23F3N4O3. The summed E-state index contributed by atoms with van der Waals surface area (Å²) in [6.07, 6.45) is -3.89. The summed E-state index contributed by atoms with van der Waals surface area (Å²) in [5.74, 6) is -0.559. The fourth-order valence-corrected chi connectivity index (χ4v) is 3.64. The first-order chi connectivity index (χ1) is 15.9. The van der Waals surface area contributed by atoms with Crippen LogP contribution < -0.4 is 5.32 Å². The minimum absolute atomic E-state index is 0.108. The topological polar surface area (TPSA) is 87.3 Å². The molecule has 7 nitrogen and oxygen atoms in total. The lowest BCUT2D eigenvalue weighted by molar-refractivity contribution is -0.141. The van der Waals surface area contributed by atoms with Crippen LogP contribution in [0.3, 0.4) is 0 Å². The molecule has 34 heavy (non-hydrogen) atoms. The highest BCUT2D eigenvalue weighted by Gasteiger charge is 2.37. The Morgan fingerprint density at radius 3 is 2.41 bits per heavy atom. The number of H-pyrrole nitrogens is 1. The minimum Gasteiger partial charge on any atom is -0.443 e. The Kier molecular flexibility index (Phi) is 5.84. The number of hydrogen-bond acceptors (Lipinski definition) is 5. The van der Waals surface area contributed by atoms with E-state index in [-0.39, 0.29) is 12.1 Å². The van der Waals surface area contributed by atoms with E-state index in [1.165, 1.54) is 6.07 Å². The molecule has 3 heterocycles. The maximum absolute atomic E-state index is 13.4. The highest BCUT2D eigenvalue weighted by Crippen LogP contribution is 2.39. The number of carbonyl (C=O) groups is 2. The Balaban J connectivity index is 1.78. The third kappa shape index (κ3) is 4.75. The molecule has 2 N–H and O–H groups in total. The number of hydrogen-bond donors (Lipinski definition) is 2. The number of para-hydroxylation sites is 1. The van der Waals surface area contributed by atoms with E-state index in [4.69, 9.17) is 4.74 Å². The lowest BCUT2D eigenvalue weighted by Crippen LogP contribution is -2.44. The summed E-state index contributed by atoms with van der Waals surface area (Å²) in [5.41, 5.74) is 0.768. The van der Waals surface area contributed by atoms with E-state index in [1.54, 1.807) is 45.0 Å². The molecule has 178 valence electrons. The van der Waals surface area contributed by atoms with Crippen molar-refractivity contribution in [3.05, 3.63) is 65.6 Å². The van der Waals surface area contributed by atoms with Crippen molar-refractivity contribution >= 4 is 23.4 Å².